The summed E-state index contributed by atoms with van der Waals surface area (Å²) in [6.45, 7) is 8.05. The van der Waals surface area contributed by atoms with Gasteiger partial charge in [0.05, 0.1) is 12.2 Å². The molecule has 18 heavy (non-hydrogen) atoms. The zero-order valence-corrected chi connectivity index (χ0v) is 11.4. The van der Waals surface area contributed by atoms with Crippen molar-refractivity contribution < 1.29 is 4.74 Å². The van der Waals surface area contributed by atoms with Gasteiger partial charge in [-0.05, 0) is 37.9 Å². The molecule has 2 rings (SSSR count). The Morgan fingerprint density at radius 3 is 2.83 bits per heavy atom. The zero-order valence-electron chi connectivity index (χ0n) is 11.4. The van der Waals surface area contributed by atoms with Crippen molar-refractivity contribution in [1.29, 1.82) is 0 Å². The number of aryl methyl sites for hydroxylation is 1. The van der Waals surface area contributed by atoms with E-state index in [1.807, 2.05) is 0 Å². The van der Waals surface area contributed by atoms with Crippen LogP contribution in [0.1, 0.15) is 24.5 Å². The summed E-state index contributed by atoms with van der Waals surface area (Å²) in [6, 6.07) is 8.60. The number of nitrogens with two attached hydrogens (primary N) is 1. The molecule has 1 aromatic rings. The topological polar surface area (TPSA) is 38.5 Å². The molecule has 0 spiro atoms. The van der Waals surface area contributed by atoms with Gasteiger partial charge in [0.25, 0.3) is 0 Å². The Hall–Kier alpha value is -0.900. The lowest BCUT2D eigenvalue weighted by molar-refractivity contribution is -0.0809. The van der Waals surface area contributed by atoms with Gasteiger partial charge in [-0.1, -0.05) is 24.3 Å². The van der Waals surface area contributed by atoms with Gasteiger partial charge in [0, 0.05) is 19.6 Å². The molecule has 1 saturated heterocycles. The highest BCUT2D eigenvalue weighted by atomic mass is 16.5. The first-order valence-electron chi connectivity index (χ1n) is 6.81. The lowest BCUT2D eigenvalue weighted by atomic mass is 10.1. The molecule has 2 atom stereocenters. The SMILES string of the molecule is Cc1ccccc1CN1CC(C)OC(CCN)C1. The van der Waals surface area contributed by atoms with Gasteiger partial charge in [-0.15, -0.1) is 0 Å². The summed E-state index contributed by atoms with van der Waals surface area (Å²) in [5.74, 6) is 0. The Balaban J connectivity index is 1.98. The quantitative estimate of drug-likeness (QED) is 0.885. The Labute approximate surface area is 110 Å². The number of hydrogen-bond donors (Lipinski definition) is 1. The molecule has 100 valence electrons. The minimum atomic E-state index is 0.294. The van der Waals surface area contributed by atoms with Crippen molar-refractivity contribution in [1.82, 2.24) is 4.90 Å². The molecule has 2 N–H and O–H groups in total. The van der Waals surface area contributed by atoms with E-state index in [0.717, 1.165) is 26.1 Å². The lowest BCUT2D eigenvalue weighted by Gasteiger charge is -2.37. The van der Waals surface area contributed by atoms with Crippen molar-refractivity contribution in [2.75, 3.05) is 19.6 Å². The summed E-state index contributed by atoms with van der Waals surface area (Å²) in [5, 5.41) is 0. The van der Waals surface area contributed by atoms with Crippen LogP contribution in [0.4, 0.5) is 0 Å². The van der Waals surface area contributed by atoms with Crippen LogP contribution in [-0.4, -0.2) is 36.7 Å². The Bertz CT molecular complexity index is 381. The fourth-order valence-corrected chi connectivity index (χ4v) is 2.64. The van der Waals surface area contributed by atoms with Gasteiger partial charge in [0.1, 0.15) is 0 Å². The molecule has 0 amide bonds. The molecule has 0 aromatic heterocycles. The summed E-state index contributed by atoms with van der Waals surface area (Å²) >= 11 is 0. The maximum Gasteiger partial charge on any atom is 0.0718 e. The highest BCUT2D eigenvalue weighted by Crippen LogP contribution is 2.17. The number of morpholine rings is 1. The van der Waals surface area contributed by atoms with Crippen molar-refractivity contribution in [2.24, 2.45) is 5.73 Å². The minimum Gasteiger partial charge on any atom is -0.373 e. The first-order valence-corrected chi connectivity index (χ1v) is 6.81. The van der Waals surface area contributed by atoms with E-state index in [9.17, 15) is 0 Å². The van der Waals surface area contributed by atoms with Gasteiger partial charge in [0.2, 0.25) is 0 Å². The summed E-state index contributed by atoms with van der Waals surface area (Å²) in [5.41, 5.74) is 8.41. The second-order valence-corrected chi connectivity index (χ2v) is 5.27. The Morgan fingerprint density at radius 2 is 2.11 bits per heavy atom. The van der Waals surface area contributed by atoms with Crippen molar-refractivity contribution >= 4 is 0 Å². The molecule has 1 aromatic carbocycles. The predicted octanol–water partition coefficient (Wildman–Crippen LogP) is 1.93. The smallest absolute Gasteiger partial charge is 0.0718 e. The number of benzene rings is 1. The van der Waals surface area contributed by atoms with E-state index in [0.29, 0.717) is 18.8 Å². The van der Waals surface area contributed by atoms with Crippen LogP contribution in [0.3, 0.4) is 0 Å². The van der Waals surface area contributed by atoms with Crippen molar-refractivity contribution in [3.63, 3.8) is 0 Å². The minimum absolute atomic E-state index is 0.294. The van der Waals surface area contributed by atoms with Crippen LogP contribution < -0.4 is 5.73 Å². The normalized spacial score (nSPS) is 25.3. The Morgan fingerprint density at radius 1 is 1.33 bits per heavy atom. The highest BCUT2D eigenvalue weighted by Gasteiger charge is 2.24. The van der Waals surface area contributed by atoms with E-state index in [1.165, 1.54) is 11.1 Å². The van der Waals surface area contributed by atoms with Gasteiger partial charge in [-0.3, -0.25) is 4.90 Å². The average Bonchev–Trinajstić information content (AvgIpc) is 2.32. The van der Waals surface area contributed by atoms with Gasteiger partial charge < -0.3 is 10.5 Å². The number of rotatable bonds is 4. The van der Waals surface area contributed by atoms with Gasteiger partial charge in [-0.2, -0.15) is 0 Å². The average molecular weight is 248 g/mol. The van der Waals surface area contributed by atoms with Crippen LogP contribution in [0.25, 0.3) is 0 Å². The van der Waals surface area contributed by atoms with Crippen LogP contribution in [0.2, 0.25) is 0 Å². The third kappa shape index (κ3) is 3.55. The maximum absolute atomic E-state index is 5.90. The number of nitrogens with zero attached hydrogens (tertiary/aromatic N) is 1. The third-order valence-corrected chi connectivity index (χ3v) is 3.55. The molecule has 1 fully saturated rings. The maximum atomic E-state index is 5.90. The standard InChI is InChI=1S/C15H24N2O/c1-12-5-3-4-6-14(12)10-17-9-13(2)18-15(11-17)7-8-16/h3-6,13,15H,7-11,16H2,1-2H3. The lowest BCUT2D eigenvalue weighted by Crippen LogP contribution is -2.46. The fraction of sp³-hybridized carbons (Fsp3) is 0.600. The van der Waals surface area contributed by atoms with E-state index in [4.69, 9.17) is 10.5 Å². The van der Waals surface area contributed by atoms with Gasteiger partial charge in [-0.25, -0.2) is 0 Å². The zero-order chi connectivity index (χ0) is 13.0. The predicted molar refractivity (Wildman–Crippen MR) is 74.5 cm³/mol. The monoisotopic (exact) mass is 248 g/mol. The highest BCUT2D eigenvalue weighted by molar-refractivity contribution is 5.25. The molecule has 1 aliphatic rings. The van der Waals surface area contributed by atoms with Crippen LogP contribution in [-0.2, 0) is 11.3 Å². The molecule has 1 aliphatic heterocycles. The molecule has 0 aliphatic carbocycles. The van der Waals surface area contributed by atoms with E-state index >= 15 is 0 Å². The molecule has 3 heteroatoms. The summed E-state index contributed by atoms with van der Waals surface area (Å²) in [4.78, 5) is 2.48. The van der Waals surface area contributed by atoms with Crippen LogP contribution in [0.15, 0.2) is 24.3 Å². The molecule has 0 saturated carbocycles. The second-order valence-electron chi connectivity index (χ2n) is 5.27. The van der Waals surface area contributed by atoms with Gasteiger partial charge in [0.15, 0.2) is 0 Å². The fourth-order valence-electron chi connectivity index (χ4n) is 2.64. The first kappa shape index (κ1) is 13.5. The molecular formula is C15H24N2O. The second kappa shape index (κ2) is 6.32. The summed E-state index contributed by atoms with van der Waals surface area (Å²) in [7, 11) is 0. The van der Waals surface area contributed by atoms with E-state index in [-0.39, 0.29) is 0 Å². The third-order valence-electron chi connectivity index (χ3n) is 3.55. The molecule has 1 heterocycles. The first-order chi connectivity index (χ1) is 8.69. The molecule has 3 nitrogen and oxygen atoms in total. The van der Waals surface area contributed by atoms with E-state index in [2.05, 4.69) is 43.0 Å². The molecule has 0 bridgehead atoms. The van der Waals surface area contributed by atoms with Gasteiger partial charge >= 0.3 is 0 Å². The number of ether oxygens (including phenoxy) is 1. The molecular weight excluding hydrogens is 224 g/mol. The molecule has 2 unspecified atom stereocenters. The summed E-state index contributed by atoms with van der Waals surface area (Å²) < 4.78 is 5.90. The van der Waals surface area contributed by atoms with Crippen LogP contribution in [0, 0.1) is 6.92 Å². The number of hydrogen-bond acceptors (Lipinski definition) is 3. The Kier molecular flexibility index (Phi) is 4.75. The van der Waals surface area contributed by atoms with Crippen LogP contribution in [0.5, 0.6) is 0 Å². The van der Waals surface area contributed by atoms with E-state index in [1.54, 1.807) is 0 Å². The largest absolute Gasteiger partial charge is 0.373 e. The van der Waals surface area contributed by atoms with E-state index < -0.39 is 0 Å². The molecule has 0 radical (unpaired) electrons. The summed E-state index contributed by atoms with van der Waals surface area (Å²) in [6.07, 6.45) is 1.55. The van der Waals surface area contributed by atoms with Crippen molar-refractivity contribution in [2.45, 2.75) is 39.0 Å². The van der Waals surface area contributed by atoms with Crippen molar-refractivity contribution in [3.05, 3.63) is 35.4 Å². The van der Waals surface area contributed by atoms with Crippen molar-refractivity contribution in [3.8, 4) is 0 Å². The van der Waals surface area contributed by atoms with Crippen LogP contribution >= 0.6 is 0 Å².